The van der Waals surface area contributed by atoms with Gasteiger partial charge in [0.2, 0.25) is 0 Å². The fourth-order valence-corrected chi connectivity index (χ4v) is 1.68. The Labute approximate surface area is 94.0 Å². The number of aromatic hydroxyl groups is 1. The molecule has 1 aromatic heterocycles. The van der Waals surface area contributed by atoms with Crippen LogP contribution in [0, 0.1) is 0 Å². The molecule has 0 spiro atoms. The van der Waals surface area contributed by atoms with Crippen LogP contribution in [0.1, 0.15) is 18.1 Å². The molecule has 3 heteroatoms. The molecule has 1 aromatic carbocycles. The third-order valence-corrected chi connectivity index (χ3v) is 2.63. The third-order valence-electron chi connectivity index (χ3n) is 2.63. The topological polar surface area (TPSA) is 53.6 Å². The number of hydrogen-bond donors (Lipinski definition) is 2. The standard InChI is InChI=1S/C13H14O3/c1-13(15,11-6-7-16-9-11)8-10-2-4-12(14)5-3-10/h2-7,9,14-15H,8H2,1H3. The normalized spacial score (nSPS) is 14.6. The lowest BCUT2D eigenvalue weighted by molar-refractivity contribution is 0.0570. The minimum atomic E-state index is -0.954. The molecule has 2 rings (SSSR count). The van der Waals surface area contributed by atoms with E-state index in [0.717, 1.165) is 11.1 Å². The van der Waals surface area contributed by atoms with E-state index in [1.165, 1.54) is 0 Å². The molecule has 0 aliphatic rings. The first-order chi connectivity index (χ1) is 7.58. The Kier molecular flexibility index (Phi) is 2.71. The van der Waals surface area contributed by atoms with E-state index in [2.05, 4.69) is 0 Å². The van der Waals surface area contributed by atoms with E-state index >= 15 is 0 Å². The van der Waals surface area contributed by atoms with Crippen LogP contribution in [0.4, 0.5) is 0 Å². The number of rotatable bonds is 3. The lowest BCUT2D eigenvalue weighted by atomic mass is 9.91. The van der Waals surface area contributed by atoms with Gasteiger partial charge in [0.25, 0.3) is 0 Å². The van der Waals surface area contributed by atoms with Gasteiger partial charge in [0.1, 0.15) is 5.75 Å². The number of aliphatic hydroxyl groups is 1. The maximum absolute atomic E-state index is 10.3. The maximum Gasteiger partial charge on any atom is 0.115 e. The molecule has 0 fully saturated rings. The Morgan fingerprint density at radius 2 is 1.88 bits per heavy atom. The molecule has 0 bridgehead atoms. The van der Waals surface area contributed by atoms with Crippen molar-refractivity contribution in [2.45, 2.75) is 18.9 Å². The summed E-state index contributed by atoms with van der Waals surface area (Å²) in [4.78, 5) is 0. The van der Waals surface area contributed by atoms with Crippen molar-refractivity contribution >= 4 is 0 Å². The first kappa shape index (κ1) is 10.8. The highest BCUT2D eigenvalue weighted by atomic mass is 16.3. The summed E-state index contributed by atoms with van der Waals surface area (Å²) in [5, 5.41) is 19.4. The summed E-state index contributed by atoms with van der Waals surface area (Å²) in [5.41, 5.74) is 0.758. The molecule has 0 amide bonds. The first-order valence-electron chi connectivity index (χ1n) is 5.11. The molecule has 0 aliphatic heterocycles. The maximum atomic E-state index is 10.3. The molecule has 1 atom stereocenters. The molecule has 1 heterocycles. The summed E-state index contributed by atoms with van der Waals surface area (Å²) in [6, 6.07) is 8.57. The second-order valence-electron chi connectivity index (χ2n) is 4.13. The van der Waals surface area contributed by atoms with E-state index in [1.807, 2.05) is 0 Å². The first-order valence-corrected chi connectivity index (χ1v) is 5.11. The van der Waals surface area contributed by atoms with Crippen LogP contribution in [0.25, 0.3) is 0 Å². The van der Waals surface area contributed by atoms with Crippen LogP contribution in [-0.4, -0.2) is 10.2 Å². The summed E-state index contributed by atoms with van der Waals surface area (Å²) in [6.45, 7) is 1.74. The molecule has 0 radical (unpaired) electrons. The van der Waals surface area contributed by atoms with Crippen LogP contribution in [0.5, 0.6) is 5.75 Å². The monoisotopic (exact) mass is 218 g/mol. The van der Waals surface area contributed by atoms with E-state index in [1.54, 1.807) is 49.8 Å². The van der Waals surface area contributed by atoms with Crippen molar-refractivity contribution in [2.24, 2.45) is 0 Å². The molecule has 2 aromatic rings. The second-order valence-corrected chi connectivity index (χ2v) is 4.13. The lowest BCUT2D eigenvalue weighted by Crippen LogP contribution is -2.23. The van der Waals surface area contributed by atoms with Gasteiger partial charge in [-0.25, -0.2) is 0 Å². The number of benzene rings is 1. The van der Waals surface area contributed by atoms with Crippen molar-refractivity contribution in [1.82, 2.24) is 0 Å². The van der Waals surface area contributed by atoms with Gasteiger partial charge in [-0.2, -0.15) is 0 Å². The Morgan fingerprint density at radius 1 is 1.19 bits per heavy atom. The minimum absolute atomic E-state index is 0.228. The summed E-state index contributed by atoms with van der Waals surface area (Å²) < 4.78 is 4.96. The highest BCUT2D eigenvalue weighted by molar-refractivity contribution is 5.28. The van der Waals surface area contributed by atoms with E-state index in [0.29, 0.717) is 6.42 Å². The van der Waals surface area contributed by atoms with Crippen molar-refractivity contribution in [2.75, 3.05) is 0 Å². The van der Waals surface area contributed by atoms with Crippen LogP contribution in [0.3, 0.4) is 0 Å². The smallest absolute Gasteiger partial charge is 0.115 e. The molecule has 0 saturated heterocycles. The Hall–Kier alpha value is -1.74. The van der Waals surface area contributed by atoms with Crippen LogP contribution in [-0.2, 0) is 12.0 Å². The predicted octanol–water partition coefficient (Wildman–Crippen LogP) is 2.44. The molecule has 0 saturated carbocycles. The molecule has 0 aliphatic carbocycles. The average molecular weight is 218 g/mol. The highest BCUT2D eigenvalue weighted by Gasteiger charge is 2.24. The average Bonchev–Trinajstić information content (AvgIpc) is 2.75. The Morgan fingerprint density at radius 3 is 2.44 bits per heavy atom. The Balaban J connectivity index is 2.18. The van der Waals surface area contributed by atoms with Crippen molar-refractivity contribution < 1.29 is 14.6 Å². The van der Waals surface area contributed by atoms with Crippen molar-refractivity contribution in [1.29, 1.82) is 0 Å². The number of furan rings is 1. The Bertz CT molecular complexity index is 441. The van der Waals surface area contributed by atoms with E-state index in [4.69, 9.17) is 9.52 Å². The second kappa shape index (κ2) is 4.02. The minimum Gasteiger partial charge on any atom is -0.508 e. The van der Waals surface area contributed by atoms with Gasteiger partial charge in [-0.15, -0.1) is 0 Å². The predicted molar refractivity (Wildman–Crippen MR) is 60.1 cm³/mol. The van der Waals surface area contributed by atoms with Gasteiger partial charge in [0.05, 0.1) is 18.1 Å². The fraction of sp³-hybridized carbons (Fsp3) is 0.231. The van der Waals surface area contributed by atoms with Crippen LogP contribution >= 0.6 is 0 Å². The molecule has 3 nitrogen and oxygen atoms in total. The third kappa shape index (κ3) is 2.25. The zero-order valence-corrected chi connectivity index (χ0v) is 9.05. The molecular formula is C13H14O3. The van der Waals surface area contributed by atoms with Gasteiger partial charge in [-0.1, -0.05) is 12.1 Å². The number of hydrogen-bond acceptors (Lipinski definition) is 3. The molecule has 2 N–H and O–H groups in total. The van der Waals surface area contributed by atoms with Crippen molar-refractivity contribution in [3.05, 3.63) is 54.0 Å². The van der Waals surface area contributed by atoms with Gasteiger partial charge < -0.3 is 14.6 Å². The molecular weight excluding hydrogens is 204 g/mol. The quantitative estimate of drug-likeness (QED) is 0.831. The van der Waals surface area contributed by atoms with E-state index in [9.17, 15) is 5.11 Å². The lowest BCUT2D eigenvalue weighted by Gasteiger charge is -2.21. The summed E-state index contributed by atoms with van der Waals surface area (Å²) in [7, 11) is 0. The van der Waals surface area contributed by atoms with Gasteiger partial charge in [0.15, 0.2) is 0 Å². The molecule has 16 heavy (non-hydrogen) atoms. The SMILES string of the molecule is CC(O)(Cc1ccc(O)cc1)c1ccoc1. The summed E-state index contributed by atoms with van der Waals surface area (Å²) in [5.74, 6) is 0.228. The van der Waals surface area contributed by atoms with Crippen LogP contribution < -0.4 is 0 Å². The fourth-order valence-electron chi connectivity index (χ4n) is 1.68. The van der Waals surface area contributed by atoms with Crippen LogP contribution in [0.15, 0.2) is 47.3 Å². The van der Waals surface area contributed by atoms with Gasteiger partial charge in [-0.05, 0) is 30.7 Å². The largest absolute Gasteiger partial charge is 0.508 e. The summed E-state index contributed by atoms with van der Waals surface area (Å²) >= 11 is 0. The number of phenolic OH excluding ortho intramolecular Hbond substituents is 1. The van der Waals surface area contributed by atoms with Crippen LogP contribution in [0.2, 0.25) is 0 Å². The number of phenols is 1. The van der Waals surface area contributed by atoms with Crippen molar-refractivity contribution in [3.63, 3.8) is 0 Å². The zero-order valence-electron chi connectivity index (χ0n) is 9.05. The van der Waals surface area contributed by atoms with Crippen molar-refractivity contribution in [3.8, 4) is 5.75 Å². The van der Waals surface area contributed by atoms with E-state index < -0.39 is 5.60 Å². The van der Waals surface area contributed by atoms with E-state index in [-0.39, 0.29) is 5.75 Å². The van der Waals surface area contributed by atoms with Gasteiger partial charge >= 0.3 is 0 Å². The highest BCUT2D eigenvalue weighted by Crippen LogP contribution is 2.26. The van der Waals surface area contributed by atoms with Gasteiger partial charge in [0, 0.05) is 12.0 Å². The zero-order chi connectivity index (χ0) is 11.6. The molecule has 1 unspecified atom stereocenters. The summed E-state index contributed by atoms with van der Waals surface area (Å²) in [6.07, 6.45) is 3.56. The molecule has 84 valence electrons. The van der Waals surface area contributed by atoms with Gasteiger partial charge in [-0.3, -0.25) is 0 Å².